The van der Waals surface area contributed by atoms with E-state index in [1.54, 1.807) is 6.92 Å². The van der Waals surface area contributed by atoms with Crippen molar-refractivity contribution >= 4 is 11.9 Å². The lowest BCUT2D eigenvalue weighted by Gasteiger charge is -2.16. The van der Waals surface area contributed by atoms with Crippen molar-refractivity contribution in [2.24, 2.45) is 5.11 Å². The van der Waals surface area contributed by atoms with Crippen molar-refractivity contribution < 1.29 is 19.4 Å². The first-order valence-electron chi connectivity index (χ1n) is 4.49. The molecule has 1 N–H and O–H groups in total. The SMILES string of the molecule is CCCC(=O)OC(C(=O)O)C(C)N=[N+]=[N-]. The zero-order chi connectivity index (χ0) is 11.8. The summed E-state index contributed by atoms with van der Waals surface area (Å²) in [5.74, 6) is -1.93. The van der Waals surface area contributed by atoms with Crippen molar-refractivity contribution in [2.45, 2.75) is 38.8 Å². The maximum Gasteiger partial charge on any atom is 0.345 e. The Morgan fingerprint density at radius 3 is 2.60 bits per heavy atom. The highest BCUT2D eigenvalue weighted by Crippen LogP contribution is 2.06. The van der Waals surface area contributed by atoms with Gasteiger partial charge in [0.2, 0.25) is 6.10 Å². The van der Waals surface area contributed by atoms with E-state index >= 15 is 0 Å². The molecule has 2 unspecified atom stereocenters. The molecule has 0 spiro atoms. The van der Waals surface area contributed by atoms with E-state index in [9.17, 15) is 9.59 Å². The van der Waals surface area contributed by atoms with Gasteiger partial charge in [0, 0.05) is 11.3 Å². The number of carbonyl (C=O) groups is 2. The Morgan fingerprint density at radius 2 is 2.20 bits per heavy atom. The normalized spacial score (nSPS) is 13.5. The average molecular weight is 215 g/mol. The molecule has 0 aromatic carbocycles. The second-order valence-corrected chi connectivity index (χ2v) is 2.94. The summed E-state index contributed by atoms with van der Waals surface area (Å²) in [6.07, 6.45) is -0.701. The van der Waals surface area contributed by atoms with Crippen LogP contribution in [0.2, 0.25) is 0 Å². The smallest absolute Gasteiger partial charge is 0.345 e. The van der Waals surface area contributed by atoms with Crippen LogP contribution < -0.4 is 0 Å². The van der Waals surface area contributed by atoms with E-state index in [-0.39, 0.29) is 6.42 Å². The predicted octanol–water partition coefficient (Wildman–Crippen LogP) is 1.48. The Hall–Kier alpha value is -1.75. The highest BCUT2D eigenvalue weighted by molar-refractivity contribution is 5.78. The number of esters is 1. The van der Waals surface area contributed by atoms with Gasteiger partial charge in [0.15, 0.2) is 0 Å². The molecule has 0 heterocycles. The summed E-state index contributed by atoms with van der Waals surface area (Å²) >= 11 is 0. The molecular weight excluding hydrogens is 202 g/mol. The van der Waals surface area contributed by atoms with Gasteiger partial charge in [-0.1, -0.05) is 19.0 Å². The molecule has 0 rings (SSSR count). The van der Waals surface area contributed by atoms with Crippen LogP contribution in [0, 0.1) is 0 Å². The Bertz CT molecular complexity index is 286. The first-order chi connectivity index (χ1) is 7.02. The topological polar surface area (TPSA) is 112 Å². The highest BCUT2D eigenvalue weighted by atomic mass is 16.6. The van der Waals surface area contributed by atoms with Gasteiger partial charge in [0.25, 0.3) is 0 Å². The van der Waals surface area contributed by atoms with Gasteiger partial charge in [0.05, 0.1) is 6.04 Å². The van der Waals surface area contributed by atoms with Crippen LogP contribution in [0.4, 0.5) is 0 Å². The monoisotopic (exact) mass is 215 g/mol. The van der Waals surface area contributed by atoms with Crippen molar-refractivity contribution in [1.29, 1.82) is 0 Å². The van der Waals surface area contributed by atoms with E-state index < -0.39 is 24.1 Å². The molecular formula is C8H13N3O4. The summed E-state index contributed by atoms with van der Waals surface area (Å²) < 4.78 is 4.66. The van der Waals surface area contributed by atoms with Gasteiger partial charge >= 0.3 is 11.9 Å². The van der Waals surface area contributed by atoms with Crippen LogP contribution in [0.25, 0.3) is 10.4 Å². The molecule has 0 aliphatic rings. The van der Waals surface area contributed by atoms with E-state index in [1.807, 2.05) is 0 Å². The van der Waals surface area contributed by atoms with Crippen LogP contribution in [0.5, 0.6) is 0 Å². The predicted molar refractivity (Wildman–Crippen MR) is 51.0 cm³/mol. The molecule has 0 aliphatic heterocycles. The van der Waals surface area contributed by atoms with Crippen molar-refractivity contribution in [2.75, 3.05) is 0 Å². The number of hydrogen-bond acceptors (Lipinski definition) is 4. The minimum atomic E-state index is -1.42. The van der Waals surface area contributed by atoms with Gasteiger partial charge in [-0.25, -0.2) is 4.79 Å². The fraction of sp³-hybridized carbons (Fsp3) is 0.750. The number of aliphatic carboxylic acids is 1. The minimum Gasteiger partial charge on any atom is -0.478 e. The maximum absolute atomic E-state index is 11.0. The lowest BCUT2D eigenvalue weighted by Crippen LogP contribution is -2.35. The zero-order valence-electron chi connectivity index (χ0n) is 8.58. The Balaban J connectivity index is 4.47. The van der Waals surface area contributed by atoms with E-state index in [4.69, 9.17) is 10.6 Å². The van der Waals surface area contributed by atoms with E-state index in [0.717, 1.165) is 0 Å². The van der Waals surface area contributed by atoms with Crippen molar-refractivity contribution in [3.8, 4) is 0 Å². The van der Waals surface area contributed by atoms with Crippen LogP contribution >= 0.6 is 0 Å². The molecule has 0 saturated carbocycles. The zero-order valence-corrected chi connectivity index (χ0v) is 8.58. The molecule has 0 bridgehead atoms. The molecule has 0 fully saturated rings. The molecule has 0 aromatic heterocycles. The average Bonchev–Trinajstić information content (AvgIpc) is 2.14. The van der Waals surface area contributed by atoms with Crippen LogP contribution in [-0.4, -0.2) is 29.2 Å². The summed E-state index contributed by atoms with van der Waals surface area (Å²) in [7, 11) is 0. The molecule has 0 radical (unpaired) electrons. The van der Waals surface area contributed by atoms with Crippen LogP contribution in [0.3, 0.4) is 0 Å². The van der Waals surface area contributed by atoms with Gasteiger partial charge in [-0.3, -0.25) is 4.79 Å². The van der Waals surface area contributed by atoms with Crippen molar-refractivity contribution in [3.63, 3.8) is 0 Å². The molecule has 7 nitrogen and oxygen atoms in total. The Kier molecular flexibility index (Phi) is 5.89. The molecule has 7 heteroatoms. The largest absolute Gasteiger partial charge is 0.478 e. The molecule has 2 atom stereocenters. The fourth-order valence-electron chi connectivity index (χ4n) is 0.902. The molecule has 0 amide bonds. The Morgan fingerprint density at radius 1 is 1.60 bits per heavy atom. The summed E-state index contributed by atoms with van der Waals surface area (Å²) in [4.78, 5) is 24.2. The van der Waals surface area contributed by atoms with Crippen LogP contribution in [-0.2, 0) is 14.3 Å². The third-order valence-electron chi connectivity index (χ3n) is 1.63. The van der Waals surface area contributed by atoms with Gasteiger partial charge in [0.1, 0.15) is 0 Å². The number of hydrogen-bond donors (Lipinski definition) is 1. The van der Waals surface area contributed by atoms with Gasteiger partial charge < -0.3 is 9.84 Å². The second-order valence-electron chi connectivity index (χ2n) is 2.94. The van der Waals surface area contributed by atoms with E-state index in [2.05, 4.69) is 14.8 Å². The summed E-state index contributed by atoms with van der Waals surface area (Å²) in [6, 6.07) is -0.923. The quantitative estimate of drug-likeness (QED) is 0.313. The number of carboxylic acid groups (broad SMARTS) is 1. The van der Waals surface area contributed by atoms with Gasteiger partial charge in [-0.2, -0.15) is 0 Å². The van der Waals surface area contributed by atoms with Crippen LogP contribution in [0.15, 0.2) is 5.11 Å². The minimum absolute atomic E-state index is 0.146. The van der Waals surface area contributed by atoms with Gasteiger partial charge in [-0.05, 0) is 12.0 Å². The summed E-state index contributed by atoms with van der Waals surface area (Å²) in [5.41, 5.74) is 8.13. The third-order valence-corrected chi connectivity index (χ3v) is 1.63. The first-order valence-corrected chi connectivity index (χ1v) is 4.49. The highest BCUT2D eigenvalue weighted by Gasteiger charge is 2.27. The number of rotatable bonds is 6. The third kappa shape index (κ3) is 4.87. The lowest BCUT2D eigenvalue weighted by molar-refractivity contribution is -0.165. The standard InChI is InChI=1S/C8H13N3O4/c1-3-4-6(12)15-7(8(13)14)5(2)10-11-9/h5,7H,3-4H2,1-2H3,(H,13,14). The first kappa shape index (κ1) is 13.2. The van der Waals surface area contributed by atoms with Crippen molar-refractivity contribution in [3.05, 3.63) is 10.4 Å². The molecule has 84 valence electrons. The Labute approximate surface area is 86.7 Å². The molecule has 15 heavy (non-hydrogen) atoms. The lowest BCUT2D eigenvalue weighted by atomic mass is 10.2. The number of ether oxygens (including phenoxy) is 1. The maximum atomic E-state index is 11.0. The number of carboxylic acids is 1. The van der Waals surface area contributed by atoms with E-state index in [0.29, 0.717) is 6.42 Å². The number of azide groups is 1. The number of nitrogens with zero attached hydrogens (tertiary/aromatic N) is 3. The van der Waals surface area contributed by atoms with Crippen molar-refractivity contribution in [1.82, 2.24) is 0 Å². The van der Waals surface area contributed by atoms with E-state index in [1.165, 1.54) is 6.92 Å². The molecule has 0 aliphatic carbocycles. The number of carbonyl (C=O) groups excluding carboxylic acids is 1. The fourth-order valence-corrected chi connectivity index (χ4v) is 0.902. The summed E-state index contributed by atoms with van der Waals surface area (Å²) in [6.45, 7) is 3.14. The molecule has 0 saturated heterocycles. The van der Waals surface area contributed by atoms with Gasteiger partial charge in [-0.15, -0.1) is 0 Å². The second kappa shape index (κ2) is 6.67. The molecule has 0 aromatic rings. The van der Waals surface area contributed by atoms with Crippen LogP contribution in [0.1, 0.15) is 26.7 Å². The summed E-state index contributed by atoms with van der Waals surface area (Å²) in [5, 5.41) is 11.9.